The van der Waals surface area contributed by atoms with Crippen molar-refractivity contribution in [3.8, 4) is 0 Å². The number of hydrogen-bond donors (Lipinski definition) is 0. The molecule has 1 aromatic carbocycles. The van der Waals surface area contributed by atoms with E-state index in [9.17, 15) is 13.2 Å². The summed E-state index contributed by atoms with van der Waals surface area (Å²) < 4.78 is 40.3. The van der Waals surface area contributed by atoms with Crippen molar-refractivity contribution in [1.82, 2.24) is 0 Å². The van der Waals surface area contributed by atoms with E-state index in [0.717, 1.165) is 31.1 Å². The van der Waals surface area contributed by atoms with E-state index in [-0.39, 0.29) is 4.70 Å². The Kier molecular flexibility index (Phi) is 6.65. The highest BCUT2D eigenvalue weighted by Crippen LogP contribution is 2.51. The first-order valence-electron chi connectivity index (χ1n) is 7.14. The van der Waals surface area contributed by atoms with Crippen LogP contribution in [0, 0.1) is 0 Å². The van der Waals surface area contributed by atoms with Crippen molar-refractivity contribution in [2.45, 2.75) is 51.0 Å². The average molecular weight is 320 g/mol. The van der Waals surface area contributed by atoms with E-state index in [1.165, 1.54) is 6.42 Å². The minimum absolute atomic E-state index is 0. The average Bonchev–Trinajstić information content (AvgIpc) is 2.76. The first kappa shape index (κ1) is 18.0. The largest absolute Gasteiger partial charge is 1.00 e. The standard InChI is InChI=1S/C16H20F3S.FH/c1-2-3-4-5-6-10-14-12-13-9-7-8-11-15(13)20(14)16(17,18)19;/h7-9,11-12H,2-6,10H2,1H3;1H/q+1;/p-1. The first-order chi connectivity index (χ1) is 9.54. The summed E-state index contributed by atoms with van der Waals surface area (Å²) in [5.74, 6) is 0. The van der Waals surface area contributed by atoms with Crippen LogP contribution in [0.3, 0.4) is 0 Å². The zero-order valence-electron chi connectivity index (χ0n) is 12.0. The van der Waals surface area contributed by atoms with Crippen molar-refractivity contribution >= 4 is 20.6 Å². The van der Waals surface area contributed by atoms with Crippen molar-refractivity contribution in [1.29, 1.82) is 0 Å². The molecule has 0 aliphatic heterocycles. The quantitative estimate of drug-likeness (QED) is 0.433. The van der Waals surface area contributed by atoms with E-state index in [2.05, 4.69) is 6.92 Å². The van der Waals surface area contributed by atoms with Crippen LogP contribution in [0.4, 0.5) is 13.2 Å². The molecule has 0 fully saturated rings. The third-order valence-electron chi connectivity index (χ3n) is 3.48. The minimum atomic E-state index is -4.15. The molecule has 0 nitrogen and oxygen atoms in total. The Bertz CT molecular complexity index is 557. The molecule has 0 aliphatic rings. The Balaban J connectivity index is 0.00000220. The van der Waals surface area contributed by atoms with Crippen LogP contribution in [0.15, 0.2) is 30.3 Å². The highest BCUT2D eigenvalue weighted by atomic mass is 32.2. The second-order valence-electron chi connectivity index (χ2n) is 5.06. The van der Waals surface area contributed by atoms with Crippen molar-refractivity contribution < 1.29 is 17.9 Å². The van der Waals surface area contributed by atoms with Gasteiger partial charge in [-0.3, -0.25) is 0 Å². The van der Waals surface area contributed by atoms with Gasteiger partial charge in [-0.1, -0.05) is 44.7 Å². The number of rotatable bonds is 6. The molecule has 1 atom stereocenters. The number of alkyl halides is 3. The lowest BCUT2D eigenvalue weighted by molar-refractivity contribution is -0.0867. The molecule has 118 valence electrons. The summed E-state index contributed by atoms with van der Waals surface area (Å²) in [7, 11) is -1.70. The molecular formula is C16H20F4S. The van der Waals surface area contributed by atoms with Gasteiger partial charge in [-0.05, 0) is 18.6 Å². The number of benzene rings is 1. The van der Waals surface area contributed by atoms with Crippen LogP contribution < -0.4 is 4.70 Å². The molecule has 0 amide bonds. The molecule has 0 saturated heterocycles. The van der Waals surface area contributed by atoms with E-state index in [1.54, 1.807) is 30.3 Å². The van der Waals surface area contributed by atoms with Gasteiger partial charge >= 0.3 is 5.51 Å². The summed E-state index contributed by atoms with van der Waals surface area (Å²) in [6, 6.07) is 8.66. The maximum Gasteiger partial charge on any atom is 0.600 e. The zero-order chi connectivity index (χ0) is 14.6. The lowest BCUT2D eigenvalue weighted by Crippen LogP contribution is -3.00. The molecule has 2 rings (SSSR count). The van der Waals surface area contributed by atoms with Crippen molar-refractivity contribution in [2.75, 3.05) is 0 Å². The zero-order valence-corrected chi connectivity index (χ0v) is 12.9. The fourth-order valence-electron chi connectivity index (χ4n) is 2.51. The van der Waals surface area contributed by atoms with Gasteiger partial charge in [0.25, 0.3) is 0 Å². The van der Waals surface area contributed by atoms with Gasteiger partial charge in [-0.25, -0.2) is 0 Å². The van der Waals surface area contributed by atoms with Gasteiger partial charge in [-0.15, -0.1) is 13.2 Å². The first-order valence-corrected chi connectivity index (χ1v) is 8.37. The molecule has 1 unspecified atom stereocenters. The second-order valence-corrected chi connectivity index (χ2v) is 7.10. The molecule has 0 aliphatic carbocycles. The third kappa shape index (κ3) is 4.43. The van der Waals surface area contributed by atoms with E-state index < -0.39 is 16.0 Å². The van der Waals surface area contributed by atoms with Crippen LogP contribution in [0.5, 0.6) is 0 Å². The van der Waals surface area contributed by atoms with Crippen molar-refractivity contribution in [3.63, 3.8) is 0 Å². The Morgan fingerprint density at radius 3 is 2.33 bits per heavy atom. The topological polar surface area (TPSA) is 0 Å². The number of unbranched alkanes of at least 4 members (excludes halogenated alkanes) is 4. The molecule has 0 bridgehead atoms. The van der Waals surface area contributed by atoms with Crippen LogP contribution in [-0.4, -0.2) is 0 Å². The van der Waals surface area contributed by atoms with Crippen LogP contribution in [0.2, 0.25) is 0 Å². The summed E-state index contributed by atoms with van der Waals surface area (Å²) in [4.78, 5) is 0.565. The summed E-state index contributed by atoms with van der Waals surface area (Å²) in [5, 5.41) is 0.747. The number of hydrogen-bond acceptors (Lipinski definition) is 0. The van der Waals surface area contributed by atoms with E-state index in [1.807, 2.05) is 0 Å². The Hall–Kier alpha value is -1.10. The molecule has 5 heteroatoms. The molecule has 1 aromatic heterocycles. The van der Waals surface area contributed by atoms with Gasteiger partial charge in [0, 0.05) is 17.9 Å². The van der Waals surface area contributed by atoms with Gasteiger partial charge < -0.3 is 4.70 Å². The Morgan fingerprint density at radius 2 is 1.67 bits per heavy atom. The molecule has 0 N–H and O–H groups in total. The van der Waals surface area contributed by atoms with E-state index in [4.69, 9.17) is 0 Å². The summed E-state index contributed by atoms with van der Waals surface area (Å²) in [6.45, 7) is 2.14. The Morgan fingerprint density at radius 1 is 1.00 bits per heavy atom. The molecule has 0 saturated carbocycles. The number of aryl methyl sites for hydroxylation is 1. The van der Waals surface area contributed by atoms with Crippen molar-refractivity contribution in [3.05, 3.63) is 35.2 Å². The lowest BCUT2D eigenvalue weighted by atomic mass is 10.1. The van der Waals surface area contributed by atoms with Crippen LogP contribution in [0.25, 0.3) is 10.1 Å². The Labute approximate surface area is 125 Å². The van der Waals surface area contributed by atoms with Crippen LogP contribution >= 0.6 is 10.5 Å². The van der Waals surface area contributed by atoms with Gasteiger partial charge in [0.15, 0.2) is 9.58 Å². The SMILES string of the molecule is CCCCCCCc1cc2ccccc2[s+]1C(F)(F)F.[F-]. The molecule has 0 radical (unpaired) electrons. The van der Waals surface area contributed by atoms with E-state index in [0.29, 0.717) is 16.0 Å². The number of fused-ring (bicyclic) bond motifs is 1. The van der Waals surface area contributed by atoms with Crippen LogP contribution in [-0.2, 0) is 11.9 Å². The smallest absolute Gasteiger partial charge is 0.600 e. The fraction of sp³-hybridized carbons (Fsp3) is 0.500. The molecule has 1 heterocycles. The number of thiophene rings is 1. The van der Waals surface area contributed by atoms with Gasteiger partial charge in [-0.2, -0.15) is 0 Å². The van der Waals surface area contributed by atoms with Gasteiger partial charge in [0.05, 0.1) is 10.5 Å². The second kappa shape index (κ2) is 7.78. The van der Waals surface area contributed by atoms with Gasteiger partial charge in [0.1, 0.15) is 0 Å². The summed E-state index contributed by atoms with van der Waals surface area (Å²) >= 11 is 0. The predicted molar refractivity (Wildman–Crippen MR) is 80.2 cm³/mol. The maximum atomic E-state index is 13.3. The highest BCUT2D eigenvalue weighted by Gasteiger charge is 2.47. The maximum absolute atomic E-state index is 13.3. The van der Waals surface area contributed by atoms with E-state index >= 15 is 0 Å². The normalized spacial score (nSPS) is 12.5. The van der Waals surface area contributed by atoms with Gasteiger partial charge in [0.2, 0.25) is 0 Å². The summed E-state index contributed by atoms with van der Waals surface area (Å²) in [6.07, 6.45) is 5.90. The summed E-state index contributed by atoms with van der Waals surface area (Å²) in [5.41, 5.74) is -4.15. The molecule has 2 aromatic rings. The highest BCUT2D eigenvalue weighted by molar-refractivity contribution is 7.38. The fourth-order valence-corrected chi connectivity index (χ4v) is 4.51. The molecule has 21 heavy (non-hydrogen) atoms. The molecule has 0 spiro atoms. The monoisotopic (exact) mass is 320 g/mol. The predicted octanol–water partition coefficient (Wildman–Crippen LogP) is 3.58. The number of halogens is 4. The minimum Gasteiger partial charge on any atom is -1.00 e. The van der Waals surface area contributed by atoms with Crippen molar-refractivity contribution in [2.24, 2.45) is 0 Å². The lowest BCUT2D eigenvalue weighted by Gasteiger charge is -2.01. The van der Waals surface area contributed by atoms with Crippen LogP contribution in [0.1, 0.15) is 43.9 Å². The third-order valence-corrected chi connectivity index (χ3v) is 5.60. The molecular weight excluding hydrogens is 300 g/mol.